The number of hydrogen-bond donors (Lipinski definition) is 1. The lowest BCUT2D eigenvalue weighted by atomic mass is 10.0. The van der Waals surface area contributed by atoms with E-state index in [-0.39, 0.29) is 12.5 Å². The first-order valence-electron chi connectivity index (χ1n) is 4.25. The first kappa shape index (κ1) is 8.66. The molecular weight excluding hydrogens is 182 g/mol. The maximum atomic E-state index is 9.00. The lowest BCUT2D eigenvalue weighted by molar-refractivity contribution is 0.273. The molecule has 0 fully saturated rings. The van der Waals surface area contributed by atoms with Gasteiger partial charge >= 0.3 is 0 Å². The van der Waals surface area contributed by atoms with E-state index in [0.29, 0.717) is 0 Å². The van der Waals surface area contributed by atoms with Crippen molar-refractivity contribution < 1.29 is 5.11 Å². The van der Waals surface area contributed by atoms with E-state index in [1.165, 1.54) is 10.3 Å². The average Bonchev–Trinajstić information content (AvgIpc) is 2.63. The molecule has 2 rings (SSSR count). The Bertz CT molecular complexity index is 410. The van der Waals surface area contributed by atoms with Crippen LogP contribution in [-0.4, -0.2) is 16.7 Å². The quantitative estimate of drug-likeness (QED) is 0.794. The zero-order chi connectivity index (χ0) is 9.26. The van der Waals surface area contributed by atoms with E-state index >= 15 is 0 Å². The van der Waals surface area contributed by atoms with Crippen molar-refractivity contribution in [3.63, 3.8) is 0 Å². The fourth-order valence-corrected chi connectivity index (χ4v) is 2.01. The predicted molar refractivity (Wildman–Crippen MR) is 55.1 cm³/mol. The Balaban J connectivity index is 2.48. The summed E-state index contributed by atoms with van der Waals surface area (Å²) < 4.78 is 1.19. The van der Waals surface area contributed by atoms with Crippen LogP contribution in [0.4, 0.5) is 0 Å². The average molecular weight is 193 g/mol. The van der Waals surface area contributed by atoms with Gasteiger partial charge in [0.2, 0.25) is 0 Å². The molecule has 1 unspecified atom stereocenters. The second-order valence-corrected chi connectivity index (χ2v) is 4.05. The summed E-state index contributed by atoms with van der Waals surface area (Å²) in [6.07, 6.45) is 0. The van der Waals surface area contributed by atoms with Gasteiger partial charge in [0.1, 0.15) is 0 Å². The number of benzene rings is 1. The van der Waals surface area contributed by atoms with Crippen LogP contribution in [-0.2, 0) is 0 Å². The highest BCUT2D eigenvalue weighted by Crippen LogP contribution is 2.23. The number of hydrogen-bond acceptors (Lipinski definition) is 3. The molecule has 1 atom stereocenters. The Labute approximate surface area is 80.9 Å². The molecule has 0 aliphatic rings. The molecular formula is C10H11NOS. The van der Waals surface area contributed by atoms with Crippen LogP contribution in [0.25, 0.3) is 10.2 Å². The summed E-state index contributed by atoms with van der Waals surface area (Å²) in [4.78, 5) is 4.20. The minimum absolute atomic E-state index is 0.199. The molecule has 0 amide bonds. The van der Waals surface area contributed by atoms with Crippen molar-refractivity contribution in [2.45, 2.75) is 12.8 Å². The van der Waals surface area contributed by atoms with E-state index in [0.717, 1.165) is 5.52 Å². The van der Waals surface area contributed by atoms with Gasteiger partial charge in [0.25, 0.3) is 0 Å². The maximum absolute atomic E-state index is 9.00. The highest BCUT2D eigenvalue weighted by Gasteiger charge is 2.05. The van der Waals surface area contributed by atoms with Crippen molar-refractivity contribution in [2.75, 3.05) is 6.61 Å². The lowest BCUT2D eigenvalue weighted by Crippen LogP contribution is -1.97. The molecule has 0 radical (unpaired) electrons. The summed E-state index contributed by atoms with van der Waals surface area (Å²) in [7, 11) is 0. The van der Waals surface area contributed by atoms with E-state index in [9.17, 15) is 0 Å². The second-order valence-electron chi connectivity index (χ2n) is 3.16. The normalized spacial score (nSPS) is 13.4. The number of aliphatic hydroxyl groups excluding tert-OH is 1. The van der Waals surface area contributed by atoms with Gasteiger partial charge in [-0.2, -0.15) is 0 Å². The Morgan fingerprint density at radius 3 is 3.15 bits per heavy atom. The monoisotopic (exact) mass is 193 g/mol. The van der Waals surface area contributed by atoms with Crippen LogP contribution in [0.1, 0.15) is 18.4 Å². The van der Waals surface area contributed by atoms with Crippen molar-refractivity contribution in [3.05, 3.63) is 29.3 Å². The zero-order valence-electron chi connectivity index (χ0n) is 7.40. The molecule has 0 spiro atoms. The standard InChI is InChI=1S/C10H11NOS/c1-7(5-12)8-2-3-9-10(4-8)13-6-11-9/h2-4,6-7,12H,5H2,1H3. The molecule has 0 aliphatic carbocycles. The van der Waals surface area contributed by atoms with Gasteiger partial charge in [0.05, 0.1) is 15.7 Å². The van der Waals surface area contributed by atoms with Crippen molar-refractivity contribution in [2.24, 2.45) is 0 Å². The van der Waals surface area contributed by atoms with Gasteiger partial charge in [-0.25, -0.2) is 4.98 Å². The molecule has 1 N–H and O–H groups in total. The molecule has 13 heavy (non-hydrogen) atoms. The van der Waals surface area contributed by atoms with Gasteiger partial charge in [0.15, 0.2) is 0 Å². The fourth-order valence-electron chi connectivity index (χ4n) is 1.28. The molecule has 0 aliphatic heterocycles. The molecule has 1 heterocycles. The van der Waals surface area contributed by atoms with E-state index in [1.54, 1.807) is 11.3 Å². The molecule has 2 aromatic rings. The molecule has 68 valence electrons. The van der Waals surface area contributed by atoms with Crippen LogP contribution >= 0.6 is 11.3 Å². The molecule has 0 saturated carbocycles. The van der Waals surface area contributed by atoms with Gasteiger partial charge in [0, 0.05) is 12.5 Å². The summed E-state index contributed by atoms with van der Waals surface area (Å²) in [5.41, 5.74) is 4.07. The molecule has 0 saturated heterocycles. The zero-order valence-corrected chi connectivity index (χ0v) is 8.21. The van der Waals surface area contributed by atoms with Crippen molar-refractivity contribution >= 4 is 21.6 Å². The van der Waals surface area contributed by atoms with Crippen molar-refractivity contribution in [1.82, 2.24) is 4.98 Å². The van der Waals surface area contributed by atoms with E-state index in [2.05, 4.69) is 11.1 Å². The minimum Gasteiger partial charge on any atom is -0.396 e. The molecule has 2 nitrogen and oxygen atoms in total. The molecule has 1 aromatic carbocycles. The van der Waals surface area contributed by atoms with Gasteiger partial charge in [-0.3, -0.25) is 0 Å². The third-order valence-corrected chi connectivity index (χ3v) is 2.99. The minimum atomic E-state index is 0.199. The first-order valence-corrected chi connectivity index (χ1v) is 5.13. The summed E-state index contributed by atoms with van der Waals surface area (Å²) in [6, 6.07) is 6.14. The number of aromatic nitrogens is 1. The maximum Gasteiger partial charge on any atom is 0.0812 e. The Kier molecular flexibility index (Phi) is 2.29. The third-order valence-electron chi connectivity index (χ3n) is 2.20. The summed E-state index contributed by atoms with van der Waals surface area (Å²) in [6.45, 7) is 2.21. The smallest absolute Gasteiger partial charge is 0.0812 e. The Morgan fingerprint density at radius 1 is 1.54 bits per heavy atom. The Hall–Kier alpha value is -0.930. The number of fused-ring (bicyclic) bond motifs is 1. The summed E-state index contributed by atoms with van der Waals surface area (Å²) in [5, 5.41) is 9.00. The first-order chi connectivity index (χ1) is 6.31. The van der Waals surface area contributed by atoms with E-state index in [4.69, 9.17) is 5.11 Å². The van der Waals surface area contributed by atoms with Gasteiger partial charge < -0.3 is 5.11 Å². The fraction of sp³-hybridized carbons (Fsp3) is 0.300. The number of aliphatic hydroxyl groups is 1. The lowest BCUT2D eigenvalue weighted by Gasteiger charge is -2.06. The number of nitrogens with zero attached hydrogens (tertiary/aromatic N) is 1. The van der Waals surface area contributed by atoms with Gasteiger partial charge in [-0.05, 0) is 17.7 Å². The molecule has 1 aromatic heterocycles. The summed E-state index contributed by atoms with van der Waals surface area (Å²) in [5.74, 6) is 0.214. The SMILES string of the molecule is CC(CO)c1ccc2ncsc2c1. The van der Waals surface area contributed by atoms with E-state index < -0.39 is 0 Å². The predicted octanol–water partition coefficient (Wildman–Crippen LogP) is 2.39. The number of rotatable bonds is 2. The molecule has 3 heteroatoms. The third kappa shape index (κ3) is 1.57. The van der Waals surface area contributed by atoms with Crippen LogP contribution < -0.4 is 0 Å². The molecule has 0 bridgehead atoms. The van der Waals surface area contributed by atoms with Crippen LogP contribution in [0.2, 0.25) is 0 Å². The highest BCUT2D eigenvalue weighted by molar-refractivity contribution is 7.16. The van der Waals surface area contributed by atoms with E-state index in [1.807, 2.05) is 24.6 Å². The van der Waals surface area contributed by atoms with Crippen LogP contribution in [0.5, 0.6) is 0 Å². The van der Waals surface area contributed by atoms with Crippen LogP contribution in [0, 0.1) is 0 Å². The summed E-state index contributed by atoms with van der Waals surface area (Å²) >= 11 is 1.64. The van der Waals surface area contributed by atoms with Crippen LogP contribution in [0.15, 0.2) is 23.7 Å². The number of thiazole rings is 1. The largest absolute Gasteiger partial charge is 0.396 e. The second kappa shape index (κ2) is 3.44. The van der Waals surface area contributed by atoms with Crippen LogP contribution in [0.3, 0.4) is 0 Å². The van der Waals surface area contributed by atoms with Gasteiger partial charge in [-0.15, -0.1) is 11.3 Å². The van der Waals surface area contributed by atoms with Gasteiger partial charge in [-0.1, -0.05) is 13.0 Å². The highest BCUT2D eigenvalue weighted by atomic mass is 32.1. The van der Waals surface area contributed by atoms with Crippen molar-refractivity contribution in [3.8, 4) is 0 Å². The Morgan fingerprint density at radius 2 is 2.38 bits per heavy atom. The topological polar surface area (TPSA) is 33.1 Å². The van der Waals surface area contributed by atoms with Crippen molar-refractivity contribution in [1.29, 1.82) is 0 Å².